The summed E-state index contributed by atoms with van der Waals surface area (Å²) in [5.41, 5.74) is 0.657. The van der Waals surface area contributed by atoms with Crippen LogP contribution < -0.4 is 5.32 Å². The molecule has 2 rings (SSSR count). The number of H-pyrrole nitrogens is 1. The monoisotopic (exact) mass is 253 g/mol. The number of halogens is 1. The minimum absolute atomic E-state index is 0.224. The molecule has 0 radical (unpaired) electrons. The molecule has 1 atom stereocenters. The molecule has 1 unspecified atom stereocenters. The molecule has 92 valence electrons. The molecule has 2 aromatic heterocycles. The van der Waals surface area contributed by atoms with Crippen molar-refractivity contribution in [1.82, 2.24) is 20.2 Å². The lowest BCUT2D eigenvalue weighted by Gasteiger charge is -2.16. The van der Waals surface area contributed by atoms with Gasteiger partial charge in [0.1, 0.15) is 5.82 Å². The average molecular weight is 254 g/mol. The van der Waals surface area contributed by atoms with Gasteiger partial charge >= 0.3 is 0 Å². The first-order valence-corrected chi connectivity index (χ1v) is 6.06. The molecule has 0 aromatic carbocycles. The molecule has 2 N–H and O–H groups in total. The maximum Gasteiger partial charge on any atom is 0.226 e. The Kier molecular flexibility index (Phi) is 3.47. The van der Waals surface area contributed by atoms with Crippen LogP contribution in [0, 0.1) is 11.8 Å². The summed E-state index contributed by atoms with van der Waals surface area (Å²) in [6, 6.07) is 0. The number of hydrogen-bond donors (Lipinski definition) is 2. The highest BCUT2D eigenvalue weighted by atomic mass is 35.5. The number of aromatic nitrogens is 4. The standard InChI is InChI=1S/C11H16ClN5/c1-6(2)7(3)4-13-9-8-5-14-17-10(8)16-11(12)15-9/h5-7H,4H2,1-3H3,(H2,13,14,15,16,17). The molecule has 0 aliphatic rings. The van der Waals surface area contributed by atoms with Gasteiger partial charge in [-0.1, -0.05) is 20.8 Å². The van der Waals surface area contributed by atoms with Gasteiger partial charge in [0.2, 0.25) is 5.28 Å². The Balaban J connectivity index is 2.20. The second-order valence-electron chi connectivity index (χ2n) is 4.58. The smallest absolute Gasteiger partial charge is 0.226 e. The third kappa shape index (κ3) is 2.66. The van der Waals surface area contributed by atoms with E-state index in [0.717, 1.165) is 17.7 Å². The van der Waals surface area contributed by atoms with Crippen molar-refractivity contribution in [2.75, 3.05) is 11.9 Å². The Morgan fingerprint density at radius 3 is 2.82 bits per heavy atom. The van der Waals surface area contributed by atoms with Crippen molar-refractivity contribution in [2.45, 2.75) is 20.8 Å². The Labute approximate surface area is 105 Å². The zero-order valence-electron chi connectivity index (χ0n) is 10.2. The summed E-state index contributed by atoms with van der Waals surface area (Å²) >= 11 is 5.85. The van der Waals surface area contributed by atoms with E-state index in [-0.39, 0.29) is 5.28 Å². The zero-order valence-corrected chi connectivity index (χ0v) is 10.9. The van der Waals surface area contributed by atoms with E-state index in [1.807, 2.05) is 0 Å². The first-order valence-electron chi connectivity index (χ1n) is 5.68. The summed E-state index contributed by atoms with van der Waals surface area (Å²) in [4.78, 5) is 8.24. The average Bonchev–Trinajstić information content (AvgIpc) is 2.72. The van der Waals surface area contributed by atoms with Crippen LogP contribution >= 0.6 is 11.6 Å². The largest absolute Gasteiger partial charge is 0.369 e. The van der Waals surface area contributed by atoms with Gasteiger partial charge in [0, 0.05) is 6.54 Å². The summed E-state index contributed by atoms with van der Waals surface area (Å²) in [6.45, 7) is 7.46. The number of nitrogens with zero attached hydrogens (tertiary/aromatic N) is 3. The molecule has 0 amide bonds. The number of aromatic amines is 1. The van der Waals surface area contributed by atoms with Gasteiger partial charge < -0.3 is 5.32 Å². The van der Waals surface area contributed by atoms with Gasteiger partial charge in [-0.05, 0) is 23.4 Å². The summed E-state index contributed by atoms with van der Waals surface area (Å²) in [6.07, 6.45) is 1.70. The maximum atomic E-state index is 5.85. The van der Waals surface area contributed by atoms with Gasteiger partial charge in [-0.15, -0.1) is 0 Å². The van der Waals surface area contributed by atoms with Crippen molar-refractivity contribution in [3.63, 3.8) is 0 Å². The molecule has 6 heteroatoms. The molecule has 0 bridgehead atoms. The van der Waals surface area contributed by atoms with Crippen LogP contribution in [-0.4, -0.2) is 26.7 Å². The fourth-order valence-corrected chi connectivity index (χ4v) is 1.60. The van der Waals surface area contributed by atoms with Gasteiger partial charge in [-0.3, -0.25) is 5.10 Å². The Morgan fingerprint density at radius 2 is 2.12 bits per heavy atom. The molecule has 0 aliphatic heterocycles. The third-order valence-corrected chi connectivity index (χ3v) is 3.18. The number of rotatable bonds is 4. The highest BCUT2D eigenvalue weighted by Gasteiger charge is 2.11. The van der Waals surface area contributed by atoms with E-state index in [0.29, 0.717) is 17.5 Å². The van der Waals surface area contributed by atoms with Gasteiger partial charge in [-0.25, -0.2) is 0 Å². The Bertz CT molecular complexity index is 508. The minimum Gasteiger partial charge on any atom is -0.369 e. The van der Waals surface area contributed by atoms with Crippen molar-refractivity contribution in [1.29, 1.82) is 0 Å². The summed E-state index contributed by atoms with van der Waals surface area (Å²) in [5.74, 6) is 1.92. The third-order valence-electron chi connectivity index (χ3n) is 3.01. The van der Waals surface area contributed by atoms with Gasteiger partial charge in [0.15, 0.2) is 5.65 Å². The van der Waals surface area contributed by atoms with Crippen molar-refractivity contribution >= 4 is 28.5 Å². The lowest BCUT2D eigenvalue weighted by Crippen LogP contribution is -2.17. The van der Waals surface area contributed by atoms with E-state index in [1.165, 1.54) is 0 Å². The first kappa shape index (κ1) is 12.1. The molecular weight excluding hydrogens is 238 g/mol. The quantitative estimate of drug-likeness (QED) is 0.823. The zero-order chi connectivity index (χ0) is 12.4. The van der Waals surface area contributed by atoms with Crippen molar-refractivity contribution < 1.29 is 0 Å². The molecule has 5 nitrogen and oxygen atoms in total. The van der Waals surface area contributed by atoms with Gasteiger partial charge in [0.25, 0.3) is 0 Å². The van der Waals surface area contributed by atoms with Crippen LogP contribution in [0.25, 0.3) is 11.0 Å². The van der Waals surface area contributed by atoms with Crippen molar-refractivity contribution in [3.05, 3.63) is 11.5 Å². The normalized spacial score (nSPS) is 13.2. The number of anilines is 1. The predicted octanol–water partition coefficient (Wildman–Crippen LogP) is 2.71. The number of nitrogens with one attached hydrogen (secondary N) is 2. The van der Waals surface area contributed by atoms with Crippen LogP contribution in [-0.2, 0) is 0 Å². The summed E-state index contributed by atoms with van der Waals surface area (Å²) in [7, 11) is 0. The summed E-state index contributed by atoms with van der Waals surface area (Å²) < 4.78 is 0. The lowest BCUT2D eigenvalue weighted by molar-refractivity contribution is 0.439. The lowest BCUT2D eigenvalue weighted by atomic mass is 9.98. The van der Waals surface area contributed by atoms with Crippen LogP contribution in [0.1, 0.15) is 20.8 Å². The van der Waals surface area contributed by atoms with E-state index in [4.69, 9.17) is 11.6 Å². The molecule has 17 heavy (non-hydrogen) atoms. The van der Waals surface area contributed by atoms with Crippen LogP contribution in [0.2, 0.25) is 5.28 Å². The fraction of sp³-hybridized carbons (Fsp3) is 0.545. The van der Waals surface area contributed by atoms with E-state index >= 15 is 0 Å². The van der Waals surface area contributed by atoms with Gasteiger partial charge in [0.05, 0.1) is 11.6 Å². The molecule has 0 spiro atoms. The molecule has 0 saturated carbocycles. The molecule has 0 fully saturated rings. The highest BCUT2D eigenvalue weighted by Crippen LogP contribution is 2.20. The number of hydrogen-bond acceptors (Lipinski definition) is 4. The van der Waals surface area contributed by atoms with E-state index in [9.17, 15) is 0 Å². The van der Waals surface area contributed by atoms with Crippen molar-refractivity contribution in [2.24, 2.45) is 11.8 Å². The van der Waals surface area contributed by atoms with Crippen LogP contribution in [0.15, 0.2) is 6.20 Å². The van der Waals surface area contributed by atoms with E-state index < -0.39 is 0 Å². The highest BCUT2D eigenvalue weighted by molar-refractivity contribution is 6.28. The van der Waals surface area contributed by atoms with Crippen molar-refractivity contribution in [3.8, 4) is 0 Å². The number of fused-ring (bicyclic) bond motifs is 1. The molecule has 0 saturated heterocycles. The van der Waals surface area contributed by atoms with Gasteiger partial charge in [-0.2, -0.15) is 15.1 Å². The fourth-order valence-electron chi connectivity index (χ4n) is 1.44. The molecule has 0 aliphatic carbocycles. The SMILES string of the molecule is CC(C)C(C)CNc1nc(Cl)nc2[nH]ncc12. The Morgan fingerprint density at radius 1 is 1.35 bits per heavy atom. The van der Waals surface area contributed by atoms with Crippen LogP contribution in [0.3, 0.4) is 0 Å². The van der Waals surface area contributed by atoms with E-state index in [2.05, 4.69) is 46.3 Å². The molecule has 2 heterocycles. The topological polar surface area (TPSA) is 66.5 Å². The van der Waals surface area contributed by atoms with Crippen LogP contribution in [0.5, 0.6) is 0 Å². The minimum atomic E-state index is 0.224. The Hall–Kier alpha value is -1.36. The predicted molar refractivity (Wildman–Crippen MR) is 69.2 cm³/mol. The maximum absolute atomic E-state index is 5.85. The summed E-state index contributed by atoms with van der Waals surface area (Å²) in [5, 5.41) is 11.1. The second kappa shape index (κ2) is 4.87. The second-order valence-corrected chi connectivity index (χ2v) is 4.91. The molecular formula is C11H16ClN5. The van der Waals surface area contributed by atoms with Crippen LogP contribution in [0.4, 0.5) is 5.82 Å². The molecule has 2 aromatic rings. The van der Waals surface area contributed by atoms with E-state index in [1.54, 1.807) is 6.20 Å². The first-order chi connectivity index (χ1) is 8.08.